The Morgan fingerprint density at radius 1 is 1.38 bits per heavy atom. The highest BCUT2D eigenvalue weighted by Crippen LogP contribution is 2.30. The van der Waals surface area contributed by atoms with Crippen LogP contribution >= 0.6 is 0 Å². The second kappa shape index (κ2) is 4.67. The minimum absolute atomic E-state index is 0.0116. The molecule has 2 heteroatoms. The summed E-state index contributed by atoms with van der Waals surface area (Å²) in [7, 11) is 0. The SMILES string of the molecule is C[C](CO)c1cccc(C(C)(C)C)c1C#N. The van der Waals surface area contributed by atoms with E-state index in [9.17, 15) is 5.26 Å². The van der Waals surface area contributed by atoms with Crippen LogP contribution in [0.3, 0.4) is 0 Å². The molecule has 0 heterocycles. The van der Waals surface area contributed by atoms with Gasteiger partial charge in [-0.1, -0.05) is 45.9 Å². The zero-order valence-corrected chi connectivity index (χ0v) is 10.3. The first-order valence-corrected chi connectivity index (χ1v) is 5.39. The first-order valence-electron chi connectivity index (χ1n) is 5.39. The van der Waals surface area contributed by atoms with Crippen molar-refractivity contribution in [3.8, 4) is 6.07 Å². The van der Waals surface area contributed by atoms with Gasteiger partial charge in [-0.25, -0.2) is 0 Å². The molecule has 85 valence electrons. The van der Waals surface area contributed by atoms with Gasteiger partial charge in [-0.2, -0.15) is 5.26 Å². The van der Waals surface area contributed by atoms with Gasteiger partial charge in [0.2, 0.25) is 0 Å². The van der Waals surface area contributed by atoms with Crippen molar-refractivity contribution in [2.24, 2.45) is 0 Å². The molecular formula is C14H18NO. The van der Waals surface area contributed by atoms with Crippen LogP contribution in [0.25, 0.3) is 0 Å². The van der Waals surface area contributed by atoms with Crippen molar-refractivity contribution in [3.05, 3.63) is 40.8 Å². The molecule has 0 unspecified atom stereocenters. The lowest BCUT2D eigenvalue weighted by Gasteiger charge is -2.23. The van der Waals surface area contributed by atoms with Crippen LogP contribution in [-0.4, -0.2) is 11.7 Å². The summed E-state index contributed by atoms with van der Waals surface area (Å²) in [4.78, 5) is 0. The maximum atomic E-state index is 9.26. The second-order valence-corrected chi connectivity index (χ2v) is 5.03. The van der Waals surface area contributed by atoms with E-state index in [1.165, 1.54) is 0 Å². The van der Waals surface area contributed by atoms with E-state index < -0.39 is 0 Å². The summed E-state index contributed by atoms with van der Waals surface area (Å²) in [5.74, 6) is 0.836. The molecule has 0 spiro atoms. The molecule has 1 N–H and O–H groups in total. The number of rotatable bonds is 2. The number of hydrogen-bond acceptors (Lipinski definition) is 2. The Balaban J connectivity index is 3.40. The normalized spacial score (nSPS) is 11.6. The van der Waals surface area contributed by atoms with Crippen molar-refractivity contribution in [2.75, 3.05) is 6.61 Å². The predicted octanol–water partition coefficient (Wildman–Crippen LogP) is 2.79. The highest BCUT2D eigenvalue weighted by atomic mass is 16.3. The highest BCUT2D eigenvalue weighted by Gasteiger charge is 2.21. The number of aliphatic hydroxyl groups excluding tert-OH is 1. The molecule has 0 aliphatic carbocycles. The average molecular weight is 216 g/mol. The third kappa shape index (κ3) is 2.43. The zero-order chi connectivity index (χ0) is 12.3. The lowest BCUT2D eigenvalue weighted by Crippen LogP contribution is -2.15. The Bertz CT molecular complexity index is 410. The Kier molecular flexibility index (Phi) is 3.72. The molecule has 0 bridgehead atoms. The predicted molar refractivity (Wildman–Crippen MR) is 65.0 cm³/mol. The molecule has 0 aromatic heterocycles. The first kappa shape index (κ1) is 12.7. The fourth-order valence-corrected chi connectivity index (χ4v) is 1.74. The Labute approximate surface area is 97.5 Å². The Morgan fingerprint density at radius 3 is 2.44 bits per heavy atom. The molecular weight excluding hydrogens is 198 g/mol. The van der Waals surface area contributed by atoms with Crippen LogP contribution in [0, 0.1) is 17.2 Å². The van der Waals surface area contributed by atoms with E-state index in [4.69, 9.17) is 5.11 Å². The summed E-state index contributed by atoms with van der Waals surface area (Å²) in [5, 5.41) is 18.4. The van der Waals surface area contributed by atoms with E-state index in [1.54, 1.807) is 0 Å². The maximum absolute atomic E-state index is 9.26. The molecule has 2 nitrogen and oxygen atoms in total. The van der Waals surface area contributed by atoms with Gasteiger partial charge in [-0.3, -0.25) is 0 Å². The van der Waals surface area contributed by atoms with E-state index in [-0.39, 0.29) is 12.0 Å². The molecule has 0 saturated heterocycles. The largest absolute Gasteiger partial charge is 0.395 e. The first-order chi connectivity index (χ1) is 7.41. The van der Waals surface area contributed by atoms with Gasteiger partial charge in [-0.15, -0.1) is 0 Å². The number of nitriles is 1. The van der Waals surface area contributed by atoms with Crippen molar-refractivity contribution < 1.29 is 5.11 Å². The van der Waals surface area contributed by atoms with E-state index in [0.29, 0.717) is 5.56 Å². The van der Waals surface area contributed by atoms with Crippen molar-refractivity contribution in [1.29, 1.82) is 5.26 Å². The number of benzene rings is 1. The minimum Gasteiger partial charge on any atom is -0.395 e. The van der Waals surface area contributed by atoms with Gasteiger partial charge in [-0.05, 0) is 16.5 Å². The van der Waals surface area contributed by atoms with Crippen molar-refractivity contribution in [1.82, 2.24) is 0 Å². The van der Waals surface area contributed by atoms with Gasteiger partial charge in [0.25, 0.3) is 0 Å². The van der Waals surface area contributed by atoms with Crippen LogP contribution in [-0.2, 0) is 5.41 Å². The summed E-state index contributed by atoms with van der Waals surface area (Å²) in [5.41, 5.74) is 2.51. The van der Waals surface area contributed by atoms with Gasteiger partial charge in [0.15, 0.2) is 0 Å². The van der Waals surface area contributed by atoms with Crippen LogP contribution in [0.2, 0.25) is 0 Å². The highest BCUT2D eigenvalue weighted by molar-refractivity contribution is 5.52. The number of aliphatic hydroxyl groups is 1. The quantitative estimate of drug-likeness (QED) is 0.826. The molecule has 0 saturated carbocycles. The molecule has 1 aromatic rings. The summed E-state index contributed by atoms with van der Waals surface area (Å²) < 4.78 is 0. The van der Waals surface area contributed by atoms with E-state index >= 15 is 0 Å². The fraction of sp³-hybridized carbons (Fsp3) is 0.429. The third-order valence-electron chi connectivity index (χ3n) is 2.68. The lowest BCUT2D eigenvalue weighted by atomic mass is 9.80. The van der Waals surface area contributed by atoms with Crippen LogP contribution in [0.1, 0.15) is 44.4 Å². The lowest BCUT2D eigenvalue weighted by molar-refractivity contribution is 0.315. The summed E-state index contributed by atoms with van der Waals surface area (Å²) >= 11 is 0. The molecule has 0 fully saturated rings. The second-order valence-electron chi connectivity index (χ2n) is 5.03. The fourth-order valence-electron chi connectivity index (χ4n) is 1.74. The summed E-state index contributed by atoms with van der Waals surface area (Å²) in [6, 6.07) is 8.06. The smallest absolute Gasteiger partial charge is 0.0997 e. The summed E-state index contributed by atoms with van der Waals surface area (Å²) in [6.07, 6.45) is 0. The average Bonchev–Trinajstić information content (AvgIpc) is 2.25. The molecule has 0 atom stereocenters. The Hall–Kier alpha value is -1.33. The third-order valence-corrected chi connectivity index (χ3v) is 2.68. The molecule has 16 heavy (non-hydrogen) atoms. The monoisotopic (exact) mass is 216 g/mol. The van der Waals surface area contributed by atoms with E-state index in [0.717, 1.165) is 17.0 Å². The van der Waals surface area contributed by atoms with Crippen LogP contribution in [0.5, 0.6) is 0 Å². The molecule has 0 aliphatic heterocycles. The van der Waals surface area contributed by atoms with Gasteiger partial charge in [0.1, 0.15) is 0 Å². The molecule has 1 rings (SSSR count). The number of hydrogen-bond donors (Lipinski definition) is 1. The maximum Gasteiger partial charge on any atom is 0.0997 e. The minimum atomic E-state index is -0.0587. The van der Waals surface area contributed by atoms with Crippen LogP contribution in [0.15, 0.2) is 18.2 Å². The van der Waals surface area contributed by atoms with Gasteiger partial charge >= 0.3 is 0 Å². The molecule has 1 aromatic carbocycles. The van der Waals surface area contributed by atoms with Gasteiger partial charge in [0, 0.05) is 5.92 Å². The van der Waals surface area contributed by atoms with E-state index in [1.807, 2.05) is 25.1 Å². The Morgan fingerprint density at radius 2 is 2.00 bits per heavy atom. The standard InChI is InChI=1S/C14H18NO/c1-10(9-16)11-6-5-7-13(12(11)8-15)14(2,3)4/h5-7,16H,9H2,1-4H3. The van der Waals surface area contributed by atoms with Gasteiger partial charge < -0.3 is 5.11 Å². The zero-order valence-electron chi connectivity index (χ0n) is 10.3. The van der Waals surface area contributed by atoms with Gasteiger partial charge in [0.05, 0.1) is 18.2 Å². The molecule has 0 amide bonds. The van der Waals surface area contributed by atoms with Crippen molar-refractivity contribution in [3.63, 3.8) is 0 Å². The van der Waals surface area contributed by atoms with Crippen molar-refractivity contribution >= 4 is 0 Å². The van der Waals surface area contributed by atoms with Crippen LogP contribution < -0.4 is 0 Å². The number of nitrogens with zero attached hydrogens (tertiary/aromatic N) is 1. The van der Waals surface area contributed by atoms with Crippen molar-refractivity contribution in [2.45, 2.75) is 33.1 Å². The van der Waals surface area contributed by atoms with E-state index in [2.05, 4.69) is 26.8 Å². The van der Waals surface area contributed by atoms with Crippen LogP contribution in [0.4, 0.5) is 0 Å². The molecule has 0 aliphatic rings. The summed E-state index contributed by atoms with van der Waals surface area (Å²) in [6.45, 7) is 8.09. The topological polar surface area (TPSA) is 44.0 Å². The molecule has 1 radical (unpaired) electrons.